The Bertz CT molecular complexity index is 346. The largest absolute Gasteiger partial charge is 0.317 e. The minimum atomic E-state index is -0.0772. The molecule has 16 heavy (non-hydrogen) atoms. The Kier molecular flexibility index (Phi) is 4.36. The Balaban J connectivity index is 2.01. The summed E-state index contributed by atoms with van der Waals surface area (Å²) in [5.74, 6) is 0.553. The van der Waals surface area contributed by atoms with Gasteiger partial charge in [-0.3, -0.25) is 0 Å². The Morgan fingerprint density at radius 1 is 1.31 bits per heavy atom. The van der Waals surface area contributed by atoms with Crippen molar-refractivity contribution in [2.45, 2.75) is 25.7 Å². The fourth-order valence-electron chi connectivity index (χ4n) is 2.29. The maximum atomic E-state index is 13.7. The molecule has 1 nitrogen and oxygen atoms in total. The third-order valence-corrected chi connectivity index (χ3v) is 3.71. The number of benzene rings is 1. The van der Waals surface area contributed by atoms with Gasteiger partial charge in [0.2, 0.25) is 0 Å². The third kappa shape index (κ3) is 3.29. The highest BCUT2D eigenvalue weighted by Crippen LogP contribution is 2.22. The molecule has 1 heterocycles. The van der Waals surface area contributed by atoms with Crippen molar-refractivity contribution >= 4 is 15.9 Å². The van der Waals surface area contributed by atoms with E-state index in [1.54, 1.807) is 6.07 Å². The fraction of sp³-hybridized carbons (Fsp3) is 0.538. The molecule has 1 unspecified atom stereocenters. The summed E-state index contributed by atoms with van der Waals surface area (Å²) in [5, 5.41) is 3.39. The van der Waals surface area contributed by atoms with Gasteiger partial charge in [-0.05, 0) is 62.4 Å². The fourth-order valence-corrected chi connectivity index (χ4v) is 2.63. The zero-order valence-electron chi connectivity index (χ0n) is 9.31. The molecule has 1 atom stereocenters. The van der Waals surface area contributed by atoms with Gasteiger partial charge in [-0.25, -0.2) is 4.39 Å². The SMILES string of the molecule is Fc1cc(Br)ccc1CC1CCCNCC1. The maximum absolute atomic E-state index is 13.7. The van der Waals surface area contributed by atoms with E-state index >= 15 is 0 Å². The highest BCUT2D eigenvalue weighted by Gasteiger charge is 2.14. The summed E-state index contributed by atoms with van der Waals surface area (Å²) in [6.07, 6.45) is 4.46. The second-order valence-electron chi connectivity index (χ2n) is 4.49. The Hall–Kier alpha value is -0.410. The molecule has 0 bridgehead atoms. The predicted octanol–water partition coefficient (Wildman–Crippen LogP) is 3.52. The van der Waals surface area contributed by atoms with Gasteiger partial charge < -0.3 is 5.32 Å². The van der Waals surface area contributed by atoms with E-state index in [1.165, 1.54) is 12.8 Å². The van der Waals surface area contributed by atoms with Gasteiger partial charge in [0, 0.05) is 4.47 Å². The highest BCUT2D eigenvalue weighted by atomic mass is 79.9. The number of hydrogen-bond donors (Lipinski definition) is 1. The Labute approximate surface area is 105 Å². The third-order valence-electron chi connectivity index (χ3n) is 3.22. The molecule has 0 saturated carbocycles. The summed E-state index contributed by atoms with van der Waals surface area (Å²) in [6.45, 7) is 2.18. The van der Waals surface area contributed by atoms with Gasteiger partial charge in [0.05, 0.1) is 0 Å². The zero-order chi connectivity index (χ0) is 11.4. The lowest BCUT2D eigenvalue weighted by molar-refractivity contribution is 0.458. The van der Waals surface area contributed by atoms with Crippen molar-refractivity contribution < 1.29 is 4.39 Å². The smallest absolute Gasteiger partial charge is 0.127 e. The van der Waals surface area contributed by atoms with Gasteiger partial charge >= 0.3 is 0 Å². The predicted molar refractivity (Wildman–Crippen MR) is 68.0 cm³/mol. The number of halogens is 2. The number of nitrogens with one attached hydrogen (secondary N) is 1. The van der Waals surface area contributed by atoms with Crippen LogP contribution in [-0.2, 0) is 6.42 Å². The van der Waals surface area contributed by atoms with E-state index < -0.39 is 0 Å². The molecule has 88 valence electrons. The Morgan fingerprint density at radius 3 is 3.00 bits per heavy atom. The molecule has 0 amide bonds. The highest BCUT2D eigenvalue weighted by molar-refractivity contribution is 9.10. The first-order chi connectivity index (χ1) is 7.75. The van der Waals surface area contributed by atoms with Crippen LogP contribution in [0.25, 0.3) is 0 Å². The van der Waals surface area contributed by atoms with Crippen LogP contribution in [0.3, 0.4) is 0 Å². The molecule has 1 saturated heterocycles. The molecular formula is C13H17BrFN. The van der Waals surface area contributed by atoms with Gasteiger partial charge in [-0.2, -0.15) is 0 Å². The van der Waals surface area contributed by atoms with Crippen molar-refractivity contribution in [1.29, 1.82) is 0 Å². The number of rotatable bonds is 2. The van der Waals surface area contributed by atoms with Gasteiger partial charge in [0.25, 0.3) is 0 Å². The van der Waals surface area contributed by atoms with E-state index in [9.17, 15) is 4.39 Å². The van der Waals surface area contributed by atoms with Gasteiger partial charge in [-0.15, -0.1) is 0 Å². The first-order valence-corrected chi connectivity index (χ1v) is 6.69. The van der Waals surface area contributed by atoms with E-state index in [0.29, 0.717) is 5.92 Å². The molecule has 1 aliphatic rings. The average Bonchev–Trinajstić information content (AvgIpc) is 2.51. The van der Waals surface area contributed by atoms with Crippen molar-refractivity contribution in [1.82, 2.24) is 5.32 Å². The molecule has 0 radical (unpaired) electrons. The summed E-state index contributed by atoms with van der Waals surface area (Å²) >= 11 is 3.28. The molecule has 1 aromatic carbocycles. The second kappa shape index (κ2) is 5.78. The van der Waals surface area contributed by atoms with E-state index in [2.05, 4.69) is 21.2 Å². The lowest BCUT2D eigenvalue weighted by atomic mass is 9.92. The average molecular weight is 286 g/mol. The first-order valence-electron chi connectivity index (χ1n) is 5.90. The van der Waals surface area contributed by atoms with Crippen LogP contribution >= 0.6 is 15.9 Å². The molecule has 1 fully saturated rings. The van der Waals surface area contributed by atoms with Crippen molar-refractivity contribution in [3.8, 4) is 0 Å². The molecule has 3 heteroatoms. The van der Waals surface area contributed by atoms with Crippen LogP contribution in [-0.4, -0.2) is 13.1 Å². The maximum Gasteiger partial charge on any atom is 0.127 e. The van der Waals surface area contributed by atoms with Crippen LogP contribution in [0, 0.1) is 11.7 Å². The minimum Gasteiger partial charge on any atom is -0.317 e. The molecule has 0 spiro atoms. The quantitative estimate of drug-likeness (QED) is 0.877. The van der Waals surface area contributed by atoms with Crippen LogP contribution in [0.15, 0.2) is 22.7 Å². The van der Waals surface area contributed by atoms with Crippen LogP contribution < -0.4 is 5.32 Å². The summed E-state index contributed by atoms with van der Waals surface area (Å²) in [7, 11) is 0. The van der Waals surface area contributed by atoms with Crippen LogP contribution in [0.1, 0.15) is 24.8 Å². The molecule has 1 aromatic rings. The molecule has 2 rings (SSSR count). The van der Waals surface area contributed by atoms with Crippen molar-refractivity contribution in [2.24, 2.45) is 5.92 Å². The van der Waals surface area contributed by atoms with Crippen LogP contribution in [0.2, 0.25) is 0 Å². The topological polar surface area (TPSA) is 12.0 Å². The van der Waals surface area contributed by atoms with Crippen LogP contribution in [0.5, 0.6) is 0 Å². The van der Waals surface area contributed by atoms with E-state index in [-0.39, 0.29) is 5.82 Å². The summed E-state index contributed by atoms with van der Waals surface area (Å²) < 4.78 is 14.5. The monoisotopic (exact) mass is 285 g/mol. The van der Waals surface area contributed by atoms with Gasteiger partial charge in [0.1, 0.15) is 5.82 Å². The summed E-state index contributed by atoms with van der Waals surface area (Å²) in [5.41, 5.74) is 0.857. The van der Waals surface area contributed by atoms with E-state index in [4.69, 9.17) is 0 Å². The van der Waals surface area contributed by atoms with Crippen molar-refractivity contribution in [2.75, 3.05) is 13.1 Å². The van der Waals surface area contributed by atoms with Gasteiger partial charge in [-0.1, -0.05) is 22.0 Å². The standard InChI is InChI=1S/C13H17BrFN/c14-12-4-3-11(13(15)9-12)8-10-2-1-6-16-7-5-10/h3-4,9-10,16H,1-2,5-8H2. The molecule has 0 aliphatic carbocycles. The van der Waals surface area contributed by atoms with E-state index in [1.807, 2.05) is 12.1 Å². The van der Waals surface area contributed by atoms with Crippen LogP contribution in [0.4, 0.5) is 4.39 Å². The summed E-state index contributed by atoms with van der Waals surface area (Å²) in [6, 6.07) is 5.38. The number of hydrogen-bond acceptors (Lipinski definition) is 1. The summed E-state index contributed by atoms with van der Waals surface area (Å²) in [4.78, 5) is 0. The second-order valence-corrected chi connectivity index (χ2v) is 5.40. The van der Waals surface area contributed by atoms with Gasteiger partial charge in [0.15, 0.2) is 0 Å². The molecule has 0 aromatic heterocycles. The molecule has 1 N–H and O–H groups in total. The first kappa shape index (κ1) is 12.1. The Morgan fingerprint density at radius 2 is 2.19 bits per heavy atom. The van der Waals surface area contributed by atoms with Crippen molar-refractivity contribution in [3.63, 3.8) is 0 Å². The minimum absolute atomic E-state index is 0.0772. The zero-order valence-corrected chi connectivity index (χ0v) is 10.9. The molecule has 1 aliphatic heterocycles. The molecular weight excluding hydrogens is 269 g/mol. The lowest BCUT2D eigenvalue weighted by Gasteiger charge is -2.14. The van der Waals surface area contributed by atoms with E-state index in [0.717, 1.165) is 36.0 Å². The van der Waals surface area contributed by atoms with Crippen molar-refractivity contribution in [3.05, 3.63) is 34.1 Å². The lowest BCUT2D eigenvalue weighted by Crippen LogP contribution is -2.14. The normalized spacial score (nSPS) is 21.8.